The van der Waals surface area contributed by atoms with Crippen LogP contribution in [0.2, 0.25) is 0 Å². The van der Waals surface area contributed by atoms with Gasteiger partial charge >= 0.3 is 0 Å². The zero-order valence-electron chi connectivity index (χ0n) is 10.1. The molecule has 0 bridgehead atoms. The van der Waals surface area contributed by atoms with Crippen LogP contribution >= 0.6 is 0 Å². The van der Waals surface area contributed by atoms with Crippen molar-refractivity contribution in [3.63, 3.8) is 0 Å². The molecule has 0 aromatic heterocycles. The van der Waals surface area contributed by atoms with Crippen LogP contribution in [-0.2, 0) is 0 Å². The van der Waals surface area contributed by atoms with Gasteiger partial charge in [0.1, 0.15) is 6.10 Å². The number of hydrogen-bond acceptors (Lipinski definition) is 4. The van der Waals surface area contributed by atoms with Crippen LogP contribution < -0.4 is 0 Å². The van der Waals surface area contributed by atoms with E-state index in [1.165, 1.54) is 6.92 Å². The number of carbonyl (C=O) groups is 1. The molecule has 0 spiro atoms. The van der Waals surface area contributed by atoms with E-state index in [2.05, 4.69) is 0 Å². The molecular weight excluding hydrogens is 220 g/mol. The molecule has 0 aliphatic carbocycles. The van der Waals surface area contributed by atoms with Crippen molar-refractivity contribution in [3.8, 4) is 0 Å². The highest BCUT2D eigenvalue weighted by atomic mass is 16.3. The highest BCUT2D eigenvalue weighted by Crippen LogP contribution is 2.23. The van der Waals surface area contributed by atoms with Crippen molar-refractivity contribution >= 4 is 5.78 Å². The molecule has 0 radical (unpaired) electrons. The van der Waals surface area contributed by atoms with E-state index in [0.717, 1.165) is 5.56 Å². The van der Waals surface area contributed by atoms with Crippen LogP contribution in [0.25, 0.3) is 0 Å². The molecule has 1 aromatic carbocycles. The zero-order valence-corrected chi connectivity index (χ0v) is 10.1. The predicted octanol–water partition coefficient (Wildman–Crippen LogP) is 0.974. The maximum atomic E-state index is 11.2. The van der Waals surface area contributed by atoms with Crippen LogP contribution in [0.4, 0.5) is 0 Å². The van der Waals surface area contributed by atoms with Gasteiger partial charge in [0.25, 0.3) is 0 Å². The Morgan fingerprint density at radius 2 is 2.00 bits per heavy atom. The van der Waals surface area contributed by atoms with Gasteiger partial charge in [-0.25, -0.2) is 0 Å². The minimum absolute atomic E-state index is 0.0370. The Balaban J connectivity index is 2.95. The van der Waals surface area contributed by atoms with E-state index in [0.29, 0.717) is 11.1 Å². The number of aliphatic hydroxyl groups excluding tert-OH is 3. The zero-order chi connectivity index (χ0) is 13.0. The SMILES string of the molecule is CC(=O)c1ccc(C(O)C(O)CCO)c(C)c1. The molecule has 4 nitrogen and oxygen atoms in total. The first-order chi connectivity index (χ1) is 7.97. The molecule has 17 heavy (non-hydrogen) atoms. The number of hydrogen-bond donors (Lipinski definition) is 3. The molecule has 0 heterocycles. The highest BCUT2D eigenvalue weighted by molar-refractivity contribution is 5.94. The van der Waals surface area contributed by atoms with Crippen molar-refractivity contribution < 1.29 is 20.1 Å². The molecule has 1 aromatic rings. The van der Waals surface area contributed by atoms with E-state index < -0.39 is 12.2 Å². The molecule has 3 N–H and O–H groups in total. The van der Waals surface area contributed by atoms with Gasteiger partial charge in [0, 0.05) is 12.2 Å². The van der Waals surface area contributed by atoms with E-state index in [9.17, 15) is 15.0 Å². The van der Waals surface area contributed by atoms with E-state index >= 15 is 0 Å². The smallest absolute Gasteiger partial charge is 0.159 e. The first kappa shape index (κ1) is 13.8. The van der Waals surface area contributed by atoms with E-state index in [1.54, 1.807) is 25.1 Å². The minimum atomic E-state index is -1.04. The maximum Gasteiger partial charge on any atom is 0.159 e. The Morgan fingerprint density at radius 1 is 1.35 bits per heavy atom. The summed E-state index contributed by atoms with van der Waals surface area (Å²) < 4.78 is 0. The highest BCUT2D eigenvalue weighted by Gasteiger charge is 2.19. The number of benzene rings is 1. The number of aliphatic hydroxyl groups is 3. The lowest BCUT2D eigenvalue weighted by Gasteiger charge is -2.19. The quantitative estimate of drug-likeness (QED) is 0.668. The van der Waals surface area contributed by atoms with Gasteiger partial charge < -0.3 is 15.3 Å². The van der Waals surface area contributed by atoms with E-state index in [4.69, 9.17) is 5.11 Å². The molecule has 0 aliphatic rings. The van der Waals surface area contributed by atoms with Crippen molar-refractivity contribution in [2.75, 3.05) is 6.61 Å². The lowest BCUT2D eigenvalue weighted by Crippen LogP contribution is -2.20. The lowest BCUT2D eigenvalue weighted by molar-refractivity contribution is 0.00388. The van der Waals surface area contributed by atoms with E-state index in [1.807, 2.05) is 0 Å². The van der Waals surface area contributed by atoms with Gasteiger partial charge in [-0.2, -0.15) is 0 Å². The van der Waals surface area contributed by atoms with Crippen LogP contribution in [0.5, 0.6) is 0 Å². The molecule has 2 unspecified atom stereocenters. The summed E-state index contributed by atoms with van der Waals surface area (Å²) in [7, 11) is 0. The molecule has 0 amide bonds. The summed E-state index contributed by atoms with van der Waals surface area (Å²) >= 11 is 0. The Kier molecular flexibility index (Phi) is 4.81. The second-order valence-corrected chi connectivity index (χ2v) is 4.15. The molecule has 1 rings (SSSR count). The van der Waals surface area contributed by atoms with Crippen LogP contribution in [0, 0.1) is 6.92 Å². The monoisotopic (exact) mass is 238 g/mol. The first-order valence-corrected chi connectivity index (χ1v) is 5.56. The van der Waals surface area contributed by atoms with Gasteiger partial charge in [-0.3, -0.25) is 4.79 Å². The summed E-state index contributed by atoms with van der Waals surface area (Å²) in [5.74, 6) is -0.0370. The average molecular weight is 238 g/mol. The van der Waals surface area contributed by atoms with E-state index in [-0.39, 0.29) is 18.8 Å². The second-order valence-electron chi connectivity index (χ2n) is 4.15. The summed E-state index contributed by atoms with van der Waals surface area (Å²) in [4.78, 5) is 11.2. The van der Waals surface area contributed by atoms with Crippen molar-refractivity contribution in [2.24, 2.45) is 0 Å². The molecule has 0 saturated heterocycles. The molecule has 4 heteroatoms. The lowest BCUT2D eigenvalue weighted by atomic mass is 9.95. The van der Waals surface area contributed by atoms with Gasteiger partial charge in [-0.15, -0.1) is 0 Å². The third kappa shape index (κ3) is 3.36. The number of rotatable bonds is 5. The molecular formula is C13H18O4. The van der Waals surface area contributed by atoms with Gasteiger partial charge in [0.2, 0.25) is 0 Å². The fourth-order valence-electron chi connectivity index (χ4n) is 1.72. The largest absolute Gasteiger partial charge is 0.396 e. The summed E-state index contributed by atoms with van der Waals surface area (Å²) in [6, 6.07) is 4.95. The molecule has 0 aliphatic heterocycles. The van der Waals surface area contributed by atoms with Gasteiger partial charge in [0.05, 0.1) is 6.10 Å². The number of Topliss-reactive ketones (excluding diaryl/α,β-unsaturated/α-hetero) is 1. The Hall–Kier alpha value is -1.23. The maximum absolute atomic E-state index is 11.2. The summed E-state index contributed by atoms with van der Waals surface area (Å²) in [6.45, 7) is 3.07. The normalized spacial score (nSPS) is 14.4. The van der Waals surface area contributed by atoms with Crippen molar-refractivity contribution in [3.05, 3.63) is 34.9 Å². The first-order valence-electron chi connectivity index (χ1n) is 5.56. The van der Waals surface area contributed by atoms with Crippen molar-refractivity contribution in [1.29, 1.82) is 0 Å². The number of carbonyl (C=O) groups excluding carboxylic acids is 1. The topological polar surface area (TPSA) is 77.8 Å². The van der Waals surface area contributed by atoms with Crippen molar-refractivity contribution in [2.45, 2.75) is 32.5 Å². The Morgan fingerprint density at radius 3 is 2.47 bits per heavy atom. The average Bonchev–Trinajstić information content (AvgIpc) is 2.28. The third-order valence-electron chi connectivity index (χ3n) is 2.78. The fourth-order valence-corrected chi connectivity index (χ4v) is 1.72. The summed E-state index contributed by atoms with van der Waals surface area (Å²) in [5.41, 5.74) is 1.91. The number of aryl methyl sites for hydroxylation is 1. The predicted molar refractivity (Wildman–Crippen MR) is 63.9 cm³/mol. The summed E-state index contributed by atoms with van der Waals surface area (Å²) in [5, 5.41) is 28.2. The molecule has 94 valence electrons. The second kappa shape index (κ2) is 5.91. The van der Waals surface area contributed by atoms with Gasteiger partial charge in [0.15, 0.2) is 5.78 Å². The Labute approximate surface area is 101 Å². The molecule has 0 fully saturated rings. The minimum Gasteiger partial charge on any atom is -0.396 e. The van der Waals surface area contributed by atoms with Crippen LogP contribution in [0.1, 0.15) is 40.9 Å². The van der Waals surface area contributed by atoms with Crippen LogP contribution in [0.15, 0.2) is 18.2 Å². The Bertz CT molecular complexity index is 400. The standard InChI is InChI=1S/C13H18O4/c1-8-7-10(9(2)15)3-4-11(8)13(17)12(16)5-6-14/h3-4,7,12-14,16-17H,5-6H2,1-2H3. The molecule has 2 atom stereocenters. The fraction of sp³-hybridized carbons (Fsp3) is 0.462. The van der Waals surface area contributed by atoms with Gasteiger partial charge in [-0.05, 0) is 37.5 Å². The number of ketones is 1. The van der Waals surface area contributed by atoms with Crippen LogP contribution in [0.3, 0.4) is 0 Å². The van der Waals surface area contributed by atoms with Gasteiger partial charge in [-0.1, -0.05) is 12.1 Å². The van der Waals surface area contributed by atoms with Crippen molar-refractivity contribution in [1.82, 2.24) is 0 Å². The molecule has 0 saturated carbocycles. The third-order valence-corrected chi connectivity index (χ3v) is 2.78. The van der Waals surface area contributed by atoms with Crippen LogP contribution in [-0.4, -0.2) is 33.8 Å². The summed E-state index contributed by atoms with van der Waals surface area (Å²) in [6.07, 6.45) is -1.92.